The Morgan fingerprint density at radius 2 is 1.87 bits per heavy atom. The summed E-state index contributed by atoms with van der Waals surface area (Å²) in [7, 11) is 0. The van der Waals surface area contributed by atoms with Crippen molar-refractivity contribution in [3.05, 3.63) is 22.9 Å². The van der Waals surface area contributed by atoms with Crippen LogP contribution in [0, 0.1) is 13.8 Å². The summed E-state index contributed by atoms with van der Waals surface area (Å²) in [6.45, 7) is 10.3. The molecule has 0 aromatic carbocycles. The molecule has 2 nitrogen and oxygen atoms in total. The van der Waals surface area contributed by atoms with E-state index in [9.17, 15) is 0 Å². The first-order valence-electron chi connectivity index (χ1n) is 5.42. The number of aryl methyl sites for hydroxylation is 2. The van der Waals surface area contributed by atoms with E-state index in [1.165, 1.54) is 5.56 Å². The molecule has 0 bridgehead atoms. The van der Waals surface area contributed by atoms with E-state index >= 15 is 0 Å². The summed E-state index contributed by atoms with van der Waals surface area (Å²) in [6, 6.07) is 2.09. The van der Waals surface area contributed by atoms with E-state index in [2.05, 4.69) is 36.7 Å². The Labute approximate surface area is 97.3 Å². The van der Waals surface area contributed by atoms with Gasteiger partial charge in [0.25, 0.3) is 0 Å². The minimum Gasteiger partial charge on any atom is -0.357 e. The zero-order valence-electron chi connectivity index (χ0n) is 9.97. The summed E-state index contributed by atoms with van der Waals surface area (Å²) in [4.78, 5) is 6.84. The molecule has 0 saturated heterocycles. The zero-order chi connectivity index (χ0) is 11.4. The molecule has 0 spiro atoms. The van der Waals surface area contributed by atoms with Crippen LogP contribution in [-0.4, -0.2) is 18.1 Å². The van der Waals surface area contributed by atoms with Crippen molar-refractivity contribution in [2.75, 3.05) is 18.0 Å². The van der Waals surface area contributed by atoms with Gasteiger partial charge in [-0.2, -0.15) is 0 Å². The van der Waals surface area contributed by atoms with Crippen LogP contribution in [0.1, 0.15) is 30.7 Å². The van der Waals surface area contributed by atoms with E-state index in [0.29, 0.717) is 5.88 Å². The van der Waals surface area contributed by atoms with Gasteiger partial charge in [-0.1, -0.05) is 0 Å². The van der Waals surface area contributed by atoms with Gasteiger partial charge >= 0.3 is 0 Å². The molecule has 1 aromatic heterocycles. The molecule has 15 heavy (non-hydrogen) atoms. The van der Waals surface area contributed by atoms with Crippen LogP contribution < -0.4 is 4.90 Å². The van der Waals surface area contributed by atoms with E-state index < -0.39 is 0 Å². The van der Waals surface area contributed by atoms with Crippen LogP contribution in [0.25, 0.3) is 0 Å². The molecule has 1 rings (SSSR count). The van der Waals surface area contributed by atoms with E-state index in [4.69, 9.17) is 11.6 Å². The van der Waals surface area contributed by atoms with E-state index in [0.717, 1.165) is 30.2 Å². The zero-order valence-corrected chi connectivity index (χ0v) is 10.7. The highest BCUT2D eigenvalue weighted by Gasteiger charge is 2.12. The van der Waals surface area contributed by atoms with Crippen molar-refractivity contribution in [3.8, 4) is 0 Å². The minimum atomic E-state index is 0.533. The van der Waals surface area contributed by atoms with Crippen molar-refractivity contribution in [1.82, 2.24) is 4.98 Å². The molecule has 0 amide bonds. The molecule has 0 atom stereocenters. The summed E-state index contributed by atoms with van der Waals surface area (Å²) in [5.74, 6) is 1.58. The van der Waals surface area contributed by atoms with Crippen LogP contribution in [0.3, 0.4) is 0 Å². The average Bonchev–Trinajstić information content (AvgIpc) is 2.19. The maximum atomic E-state index is 5.98. The molecule has 0 radical (unpaired) electrons. The number of hydrogen-bond donors (Lipinski definition) is 0. The molecule has 0 aliphatic carbocycles. The Balaban J connectivity index is 3.24. The number of hydrogen-bond acceptors (Lipinski definition) is 2. The molecule has 3 heteroatoms. The van der Waals surface area contributed by atoms with Crippen LogP contribution in [0.5, 0.6) is 0 Å². The van der Waals surface area contributed by atoms with Crippen LogP contribution in [0.4, 0.5) is 5.82 Å². The summed E-state index contributed by atoms with van der Waals surface area (Å²) >= 11 is 5.98. The summed E-state index contributed by atoms with van der Waals surface area (Å²) in [5.41, 5.74) is 3.45. The van der Waals surface area contributed by atoms with Gasteiger partial charge in [0.15, 0.2) is 0 Å². The normalized spacial score (nSPS) is 10.5. The van der Waals surface area contributed by atoms with Gasteiger partial charge in [0.2, 0.25) is 0 Å². The molecule has 0 aliphatic heterocycles. The molecule has 84 valence electrons. The maximum absolute atomic E-state index is 5.98. The smallest absolute Gasteiger partial charge is 0.133 e. The van der Waals surface area contributed by atoms with Crippen molar-refractivity contribution in [1.29, 1.82) is 0 Å². The summed E-state index contributed by atoms with van der Waals surface area (Å²) in [6.07, 6.45) is 0. The molecule has 0 aliphatic rings. The first-order valence-corrected chi connectivity index (χ1v) is 5.95. The van der Waals surface area contributed by atoms with Crippen molar-refractivity contribution in [2.45, 2.75) is 33.6 Å². The van der Waals surface area contributed by atoms with Gasteiger partial charge in [0.05, 0.1) is 5.88 Å². The fourth-order valence-corrected chi connectivity index (χ4v) is 2.12. The molecular formula is C12H19ClN2. The topological polar surface area (TPSA) is 16.1 Å². The Kier molecular flexibility index (Phi) is 4.40. The van der Waals surface area contributed by atoms with Gasteiger partial charge in [0.1, 0.15) is 5.82 Å². The van der Waals surface area contributed by atoms with Gasteiger partial charge in [-0.3, -0.25) is 0 Å². The standard InChI is InChI=1S/C12H19ClN2/c1-5-15(6-2)12-11(8-13)9(3)7-10(4)14-12/h7H,5-6,8H2,1-4H3. The number of pyridine rings is 1. The third kappa shape index (κ3) is 2.63. The molecule has 1 aromatic rings. The highest BCUT2D eigenvalue weighted by atomic mass is 35.5. The Bertz CT molecular complexity index is 333. The second kappa shape index (κ2) is 5.36. The van der Waals surface area contributed by atoms with Gasteiger partial charge in [-0.15, -0.1) is 11.6 Å². The number of nitrogens with zero attached hydrogens (tertiary/aromatic N) is 2. The van der Waals surface area contributed by atoms with Crippen molar-refractivity contribution >= 4 is 17.4 Å². The van der Waals surface area contributed by atoms with E-state index in [1.54, 1.807) is 0 Å². The van der Waals surface area contributed by atoms with Crippen LogP contribution in [0.15, 0.2) is 6.07 Å². The molecule has 0 saturated carbocycles. The van der Waals surface area contributed by atoms with Crippen LogP contribution >= 0.6 is 11.6 Å². The van der Waals surface area contributed by atoms with E-state index in [-0.39, 0.29) is 0 Å². The number of alkyl halides is 1. The predicted octanol–water partition coefficient (Wildman–Crippen LogP) is 3.28. The molecule has 1 heterocycles. The fraction of sp³-hybridized carbons (Fsp3) is 0.583. The van der Waals surface area contributed by atoms with Crippen LogP contribution in [-0.2, 0) is 5.88 Å². The second-order valence-corrected chi connectivity index (χ2v) is 3.96. The van der Waals surface area contributed by atoms with Gasteiger partial charge < -0.3 is 4.90 Å². The second-order valence-electron chi connectivity index (χ2n) is 3.69. The Hall–Kier alpha value is -0.760. The average molecular weight is 227 g/mol. The van der Waals surface area contributed by atoms with E-state index in [1.807, 2.05) is 6.92 Å². The minimum absolute atomic E-state index is 0.533. The number of anilines is 1. The van der Waals surface area contributed by atoms with Crippen molar-refractivity contribution in [3.63, 3.8) is 0 Å². The van der Waals surface area contributed by atoms with Crippen LogP contribution in [0.2, 0.25) is 0 Å². The first kappa shape index (κ1) is 12.3. The largest absolute Gasteiger partial charge is 0.357 e. The predicted molar refractivity (Wildman–Crippen MR) is 66.8 cm³/mol. The van der Waals surface area contributed by atoms with Gasteiger partial charge in [-0.05, 0) is 39.3 Å². The molecule has 0 unspecified atom stereocenters. The lowest BCUT2D eigenvalue weighted by molar-refractivity contribution is 0.833. The Morgan fingerprint density at radius 1 is 1.27 bits per heavy atom. The quantitative estimate of drug-likeness (QED) is 0.733. The van der Waals surface area contributed by atoms with Crippen molar-refractivity contribution < 1.29 is 0 Å². The number of halogens is 1. The SMILES string of the molecule is CCN(CC)c1nc(C)cc(C)c1CCl. The fourth-order valence-electron chi connectivity index (χ4n) is 1.79. The summed E-state index contributed by atoms with van der Waals surface area (Å²) in [5, 5.41) is 0. The molecule has 0 fully saturated rings. The van der Waals surface area contributed by atoms with Gasteiger partial charge in [0, 0.05) is 24.3 Å². The monoisotopic (exact) mass is 226 g/mol. The third-order valence-corrected chi connectivity index (χ3v) is 2.92. The molecule has 0 N–H and O–H groups in total. The maximum Gasteiger partial charge on any atom is 0.133 e. The molecular weight excluding hydrogens is 208 g/mol. The number of aromatic nitrogens is 1. The lowest BCUT2D eigenvalue weighted by Crippen LogP contribution is -2.24. The lowest BCUT2D eigenvalue weighted by Gasteiger charge is -2.23. The highest BCUT2D eigenvalue weighted by molar-refractivity contribution is 6.17. The third-order valence-electron chi connectivity index (χ3n) is 2.65. The Morgan fingerprint density at radius 3 is 2.33 bits per heavy atom. The van der Waals surface area contributed by atoms with Gasteiger partial charge in [-0.25, -0.2) is 4.98 Å². The van der Waals surface area contributed by atoms with Crippen molar-refractivity contribution in [2.24, 2.45) is 0 Å². The number of rotatable bonds is 4. The summed E-state index contributed by atoms with van der Waals surface area (Å²) < 4.78 is 0. The highest BCUT2D eigenvalue weighted by Crippen LogP contribution is 2.23. The first-order chi connectivity index (χ1) is 7.13. The lowest BCUT2D eigenvalue weighted by atomic mass is 10.1.